The van der Waals surface area contributed by atoms with Gasteiger partial charge in [-0.15, -0.1) is 0 Å². The summed E-state index contributed by atoms with van der Waals surface area (Å²) in [6.07, 6.45) is 0. The fraction of sp³-hybridized carbons (Fsp3) is 0.273. The maximum atomic E-state index is 11.3. The molecule has 2 N–H and O–H groups in total. The van der Waals surface area contributed by atoms with Gasteiger partial charge in [0.05, 0.1) is 19.7 Å². The van der Waals surface area contributed by atoms with E-state index in [0.29, 0.717) is 16.3 Å². The number of anilines is 1. The third-order valence-electron chi connectivity index (χ3n) is 2.54. The van der Waals surface area contributed by atoms with Crippen molar-refractivity contribution in [2.75, 3.05) is 18.0 Å². The highest BCUT2D eigenvalue weighted by Gasteiger charge is 2.24. The third-order valence-corrected chi connectivity index (χ3v) is 2.89. The topological polar surface area (TPSA) is 69.6 Å². The number of nitrogens with zero attached hydrogens (tertiary/aromatic N) is 1. The van der Waals surface area contributed by atoms with Crippen LogP contribution in [-0.4, -0.2) is 30.0 Å². The maximum absolute atomic E-state index is 11.3. The number of aliphatic hydroxyl groups is 1. The predicted octanol–water partition coefficient (Wildman–Crippen LogP) is 0.295. The lowest BCUT2D eigenvalue weighted by Gasteiger charge is -2.29. The van der Waals surface area contributed by atoms with E-state index in [1.165, 1.54) is 0 Å². The summed E-state index contributed by atoms with van der Waals surface area (Å²) in [5.74, 6) is -0.713. The van der Waals surface area contributed by atoms with Crippen molar-refractivity contribution in [1.29, 1.82) is 0 Å². The predicted molar refractivity (Wildman–Crippen MR) is 62.7 cm³/mol. The average molecular weight is 255 g/mol. The van der Waals surface area contributed by atoms with E-state index in [9.17, 15) is 14.7 Å². The summed E-state index contributed by atoms with van der Waals surface area (Å²) in [7, 11) is 0. The molecule has 17 heavy (non-hydrogen) atoms. The van der Waals surface area contributed by atoms with E-state index >= 15 is 0 Å². The zero-order valence-corrected chi connectivity index (χ0v) is 9.70. The fourth-order valence-corrected chi connectivity index (χ4v) is 2.04. The van der Waals surface area contributed by atoms with E-state index in [1.54, 1.807) is 23.1 Å². The van der Waals surface area contributed by atoms with Crippen LogP contribution in [-0.2, 0) is 16.2 Å². The van der Waals surface area contributed by atoms with Crippen molar-refractivity contribution in [3.63, 3.8) is 0 Å². The van der Waals surface area contributed by atoms with Gasteiger partial charge in [-0.1, -0.05) is 17.7 Å². The third kappa shape index (κ3) is 2.40. The van der Waals surface area contributed by atoms with Crippen molar-refractivity contribution in [3.05, 3.63) is 28.8 Å². The molecule has 0 atom stereocenters. The average Bonchev–Trinajstić information content (AvgIpc) is 2.27. The Morgan fingerprint density at radius 2 is 1.94 bits per heavy atom. The van der Waals surface area contributed by atoms with Crippen molar-refractivity contribution < 1.29 is 14.7 Å². The molecule has 1 heterocycles. The molecule has 0 saturated carbocycles. The van der Waals surface area contributed by atoms with Crippen LogP contribution in [0.2, 0.25) is 5.02 Å². The maximum Gasteiger partial charge on any atom is 0.246 e. The van der Waals surface area contributed by atoms with E-state index in [4.69, 9.17) is 11.6 Å². The number of hydrogen-bond donors (Lipinski definition) is 2. The van der Waals surface area contributed by atoms with Crippen LogP contribution >= 0.6 is 11.6 Å². The number of halogens is 1. The number of hydrogen-bond acceptors (Lipinski definition) is 4. The fourth-order valence-electron chi connectivity index (χ4n) is 1.81. The molecule has 1 aliphatic heterocycles. The molecule has 6 heteroatoms. The molecular formula is C11H11ClN2O3. The van der Waals surface area contributed by atoms with Crippen LogP contribution in [0.1, 0.15) is 5.56 Å². The monoisotopic (exact) mass is 254 g/mol. The minimum absolute atomic E-state index is 0.0824. The van der Waals surface area contributed by atoms with Gasteiger partial charge in [0.2, 0.25) is 11.8 Å². The van der Waals surface area contributed by atoms with E-state index in [2.05, 4.69) is 5.32 Å². The molecule has 2 rings (SSSR count). The van der Waals surface area contributed by atoms with E-state index < -0.39 is 0 Å². The first kappa shape index (κ1) is 11.9. The molecule has 5 nitrogen and oxygen atoms in total. The van der Waals surface area contributed by atoms with Gasteiger partial charge in [0.15, 0.2) is 0 Å². The molecule has 0 radical (unpaired) electrons. The zero-order valence-electron chi connectivity index (χ0n) is 8.94. The van der Waals surface area contributed by atoms with Crippen molar-refractivity contribution in [2.24, 2.45) is 0 Å². The Kier molecular flexibility index (Phi) is 3.31. The van der Waals surface area contributed by atoms with Crippen LogP contribution in [0.25, 0.3) is 0 Å². The Labute approximate surface area is 103 Å². The SMILES string of the molecule is O=C1CN(c2cccc(Cl)c2CO)CC(=O)N1. The van der Waals surface area contributed by atoms with Crippen LogP contribution in [0.5, 0.6) is 0 Å². The number of carbonyl (C=O) groups excluding carboxylic acids is 2. The van der Waals surface area contributed by atoms with Crippen LogP contribution in [0.15, 0.2) is 18.2 Å². The highest BCUT2D eigenvalue weighted by atomic mass is 35.5. The summed E-state index contributed by atoms with van der Waals surface area (Å²) < 4.78 is 0. The van der Waals surface area contributed by atoms with E-state index in [-0.39, 0.29) is 31.5 Å². The second-order valence-electron chi connectivity index (χ2n) is 3.72. The largest absolute Gasteiger partial charge is 0.392 e. The van der Waals surface area contributed by atoms with Crippen LogP contribution < -0.4 is 10.2 Å². The van der Waals surface area contributed by atoms with Gasteiger partial charge < -0.3 is 10.0 Å². The lowest BCUT2D eigenvalue weighted by atomic mass is 10.1. The Bertz CT molecular complexity index is 460. The van der Waals surface area contributed by atoms with Gasteiger partial charge in [-0.3, -0.25) is 14.9 Å². The van der Waals surface area contributed by atoms with Crippen molar-refractivity contribution in [3.8, 4) is 0 Å². The van der Waals surface area contributed by atoms with Crippen molar-refractivity contribution in [2.45, 2.75) is 6.61 Å². The summed E-state index contributed by atoms with van der Waals surface area (Å²) in [6, 6.07) is 5.10. The summed E-state index contributed by atoms with van der Waals surface area (Å²) in [5, 5.41) is 11.9. The summed E-state index contributed by atoms with van der Waals surface area (Å²) in [4.78, 5) is 24.1. The normalized spacial score (nSPS) is 16.0. The lowest BCUT2D eigenvalue weighted by Crippen LogP contribution is -2.51. The smallest absolute Gasteiger partial charge is 0.246 e. The molecule has 0 aliphatic carbocycles. The van der Waals surface area contributed by atoms with Gasteiger partial charge in [-0.2, -0.15) is 0 Å². The summed E-state index contributed by atoms with van der Waals surface area (Å²) >= 11 is 5.95. The Hall–Kier alpha value is -1.59. The van der Waals surface area contributed by atoms with Crippen LogP contribution in [0.3, 0.4) is 0 Å². The molecule has 0 aromatic heterocycles. The zero-order chi connectivity index (χ0) is 12.4. The Balaban J connectivity index is 2.36. The van der Waals surface area contributed by atoms with Crippen molar-refractivity contribution >= 4 is 29.1 Å². The highest BCUT2D eigenvalue weighted by Crippen LogP contribution is 2.27. The van der Waals surface area contributed by atoms with Gasteiger partial charge in [-0.05, 0) is 12.1 Å². The number of aliphatic hydroxyl groups excluding tert-OH is 1. The van der Waals surface area contributed by atoms with Crippen molar-refractivity contribution in [1.82, 2.24) is 5.32 Å². The molecule has 1 fully saturated rings. The lowest BCUT2D eigenvalue weighted by molar-refractivity contribution is -0.130. The van der Waals surface area contributed by atoms with E-state index in [0.717, 1.165) is 0 Å². The molecule has 1 aliphatic rings. The van der Waals surface area contributed by atoms with Gasteiger partial charge in [0.1, 0.15) is 0 Å². The first-order valence-electron chi connectivity index (χ1n) is 5.07. The minimum Gasteiger partial charge on any atom is -0.392 e. The number of piperazine rings is 1. The van der Waals surface area contributed by atoms with Crippen LogP contribution in [0, 0.1) is 0 Å². The van der Waals surface area contributed by atoms with Gasteiger partial charge >= 0.3 is 0 Å². The molecule has 1 saturated heterocycles. The first-order chi connectivity index (χ1) is 8.11. The minimum atomic E-state index is -0.356. The first-order valence-corrected chi connectivity index (χ1v) is 5.45. The molecule has 1 aromatic carbocycles. The molecule has 0 unspecified atom stereocenters. The second kappa shape index (κ2) is 4.73. The van der Waals surface area contributed by atoms with Gasteiger partial charge in [0, 0.05) is 16.3 Å². The summed E-state index contributed by atoms with van der Waals surface area (Å²) in [6.45, 7) is -0.0700. The standard InChI is InChI=1S/C11H11ClN2O3/c12-8-2-1-3-9(7(8)6-15)14-4-10(16)13-11(17)5-14/h1-3,15H,4-6H2,(H,13,16,17). The van der Waals surface area contributed by atoms with E-state index in [1.807, 2.05) is 0 Å². The Morgan fingerprint density at radius 1 is 1.29 bits per heavy atom. The number of rotatable bonds is 2. The number of nitrogens with one attached hydrogen (secondary N) is 1. The molecule has 2 amide bonds. The number of carbonyl (C=O) groups is 2. The molecule has 0 spiro atoms. The number of benzene rings is 1. The highest BCUT2D eigenvalue weighted by molar-refractivity contribution is 6.31. The molecule has 0 bridgehead atoms. The molecule has 90 valence electrons. The number of imide groups is 1. The summed E-state index contributed by atoms with van der Waals surface area (Å²) in [5.41, 5.74) is 1.14. The second-order valence-corrected chi connectivity index (χ2v) is 4.13. The van der Waals surface area contributed by atoms with Gasteiger partial charge in [0.25, 0.3) is 0 Å². The molecule has 1 aromatic rings. The quantitative estimate of drug-likeness (QED) is 0.745. The Morgan fingerprint density at radius 3 is 2.53 bits per heavy atom. The van der Waals surface area contributed by atoms with Crippen LogP contribution in [0.4, 0.5) is 5.69 Å². The van der Waals surface area contributed by atoms with Gasteiger partial charge in [-0.25, -0.2) is 0 Å². The molecular weight excluding hydrogens is 244 g/mol. The number of amides is 2.